The van der Waals surface area contributed by atoms with Crippen LogP contribution < -0.4 is 17.2 Å². The van der Waals surface area contributed by atoms with E-state index in [0.29, 0.717) is 0 Å². The molecule has 114 valence electrons. The van der Waals surface area contributed by atoms with Gasteiger partial charge in [0.1, 0.15) is 6.61 Å². The van der Waals surface area contributed by atoms with Crippen LogP contribution in [0.15, 0.2) is 21.4 Å². The van der Waals surface area contributed by atoms with Gasteiger partial charge in [-0.15, -0.1) is 0 Å². The van der Waals surface area contributed by atoms with E-state index < -0.39 is 11.9 Å². The van der Waals surface area contributed by atoms with Crippen LogP contribution in [0, 0.1) is 0 Å². The molecule has 0 aliphatic rings. The summed E-state index contributed by atoms with van der Waals surface area (Å²) in [5.41, 5.74) is 13.4. The van der Waals surface area contributed by atoms with Crippen LogP contribution in [0.1, 0.15) is 11.6 Å². The minimum atomic E-state index is -0.540. The van der Waals surface area contributed by atoms with Gasteiger partial charge in [-0.2, -0.15) is 0 Å². The van der Waals surface area contributed by atoms with Crippen LogP contribution in [0.2, 0.25) is 0 Å². The maximum atomic E-state index is 11.9. The minimum absolute atomic E-state index is 0.104. The highest BCUT2D eigenvalue weighted by atomic mass is 79.9. The van der Waals surface area contributed by atoms with Gasteiger partial charge in [-0.1, -0.05) is 15.9 Å². The molecule has 0 saturated heterocycles. The van der Waals surface area contributed by atoms with Gasteiger partial charge in [-0.05, 0) is 17.7 Å². The zero-order valence-corrected chi connectivity index (χ0v) is 13.4. The van der Waals surface area contributed by atoms with Gasteiger partial charge >= 0.3 is 5.69 Å². The van der Waals surface area contributed by atoms with Gasteiger partial charge in [-0.25, -0.2) is 4.79 Å². The second kappa shape index (κ2) is 6.00. The molecule has 0 spiro atoms. The molecule has 0 fully saturated rings. The number of aromatic nitrogens is 2. The molecule has 0 aliphatic heterocycles. The van der Waals surface area contributed by atoms with E-state index in [1.54, 1.807) is 23.2 Å². The quantitative estimate of drug-likeness (QED) is 0.794. The Morgan fingerprint density at radius 2 is 1.90 bits per heavy atom. The van der Waals surface area contributed by atoms with Crippen LogP contribution in [-0.4, -0.2) is 28.3 Å². The van der Waals surface area contributed by atoms with Crippen molar-refractivity contribution < 1.29 is 9.53 Å². The summed E-state index contributed by atoms with van der Waals surface area (Å²) in [5.74, 6) is -0.540. The second-order valence-electron chi connectivity index (χ2n) is 4.85. The number of primary amides is 1. The first-order chi connectivity index (χ1) is 9.82. The van der Waals surface area contributed by atoms with Crippen LogP contribution in [0.25, 0.3) is 11.0 Å². The number of hydrogen-bond acceptors (Lipinski definition) is 4. The van der Waals surface area contributed by atoms with E-state index in [-0.39, 0.29) is 18.9 Å². The van der Waals surface area contributed by atoms with Crippen LogP contribution in [0.3, 0.4) is 0 Å². The molecule has 2 aromatic rings. The average molecular weight is 357 g/mol. The molecule has 1 amide bonds. The molecule has 1 atom stereocenters. The monoisotopic (exact) mass is 356 g/mol. The molecule has 0 radical (unpaired) electrons. The van der Waals surface area contributed by atoms with Gasteiger partial charge in [0, 0.05) is 18.6 Å². The fourth-order valence-electron chi connectivity index (χ4n) is 2.20. The lowest BCUT2D eigenvalue weighted by Gasteiger charge is -2.14. The summed E-state index contributed by atoms with van der Waals surface area (Å²) >= 11 is 3.46. The highest BCUT2D eigenvalue weighted by Crippen LogP contribution is 2.27. The molecule has 4 N–H and O–H groups in total. The van der Waals surface area contributed by atoms with Gasteiger partial charge in [-0.3, -0.25) is 13.9 Å². The standard InChI is InChI=1S/C13H17BrN4O3/c1-17-10-3-7(9(15)5-21-6-12(16)19)8(14)4-11(10)18(2)13(17)20/h3-4,9H,5-6,15H2,1-2H3,(H2,16,19). The molecule has 1 unspecified atom stereocenters. The van der Waals surface area contributed by atoms with Crippen molar-refractivity contribution in [3.8, 4) is 0 Å². The Morgan fingerprint density at radius 3 is 2.48 bits per heavy atom. The molecule has 1 heterocycles. The number of nitrogens with two attached hydrogens (primary N) is 2. The first-order valence-electron chi connectivity index (χ1n) is 6.29. The number of rotatable bonds is 5. The molecule has 0 saturated carbocycles. The van der Waals surface area contributed by atoms with E-state index in [1.165, 1.54) is 0 Å². The highest BCUT2D eigenvalue weighted by molar-refractivity contribution is 9.10. The number of fused-ring (bicyclic) bond motifs is 1. The Balaban J connectivity index is 2.36. The van der Waals surface area contributed by atoms with Crippen molar-refractivity contribution in [1.29, 1.82) is 0 Å². The van der Waals surface area contributed by atoms with E-state index in [4.69, 9.17) is 16.2 Å². The Bertz CT molecular complexity index is 750. The Labute approximate surface area is 129 Å². The molecular weight excluding hydrogens is 340 g/mol. The number of amides is 1. The molecule has 7 nitrogen and oxygen atoms in total. The van der Waals surface area contributed by atoms with Crippen LogP contribution in [0.5, 0.6) is 0 Å². The summed E-state index contributed by atoms with van der Waals surface area (Å²) in [6.07, 6.45) is 0. The highest BCUT2D eigenvalue weighted by Gasteiger charge is 2.16. The van der Waals surface area contributed by atoms with Crippen molar-refractivity contribution in [1.82, 2.24) is 9.13 Å². The fraction of sp³-hybridized carbons (Fsp3) is 0.385. The van der Waals surface area contributed by atoms with Crippen molar-refractivity contribution in [3.63, 3.8) is 0 Å². The zero-order chi connectivity index (χ0) is 15.7. The predicted molar refractivity (Wildman–Crippen MR) is 82.8 cm³/mol. The molecule has 8 heteroatoms. The number of halogens is 1. The lowest BCUT2D eigenvalue weighted by Crippen LogP contribution is -2.23. The van der Waals surface area contributed by atoms with Gasteiger partial charge in [0.2, 0.25) is 5.91 Å². The van der Waals surface area contributed by atoms with Crippen LogP contribution >= 0.6 is 15.9 Å². The molecule has 1 aromatic carbocycles. The lowest BCUT2D eigenvalue weighted by molar-refractivity contribution is -0.122. The topological polar surface area (TPSA) is 105 Å². The largest absolute Gasteiger partial charge is 0.370 e. The van der Waals surface area contributed by atoms with Crippen molar-refractivity contribution in [2.24, 2.45) is 25.6 Å². The molecule has 2 rings (SSSR count). The normalized spacial score (nSPS) is 12.8. The Hall–Kier alpha value is -1.64. The molecule has 0 aliphatic carbocycles. The van der Waals surface area contributed by atoms with E-state index in [9.17, 15) is 9.59 Å². The molecule has 21 heavy (non-hydrogen) atoms. The first-order valence-corrected chi connectivity index (χ1v) is 7.08. The van der Waals surface area contributed by atoms with E-state index >= 15 is 0 Å². The number of benzene rings is 1. The Morgan fingerprint density at radius 1 is 1.33 bits per heavy atom. The fourth-order valence-corrected chi connectivity index (χ4v) is 2.82. The molecular formula is C13H17BrN4O3. The second-order valence-corrected chi connectivity index (χ2v) is 5.71. The molecule has 1 aromatic heterocycles. The number of carbonyl (C=O) groups is 1. The predicted octanol–water partition coefficient (Wildman–Crippen LogP) is 0.141. The number of nitrogens with zero attached hydrogens (tertiary/aromatic N) is 2. The number of hydrogen-bond donors (Lipinski definition) is 2. The van der Waals surface area contributed by atoms with Crippen LogP contribution in [0.4, 0.5) is 0 Å². The lowest BCUT2D eigenvalue weighted by atomic mass is 10.1. The third-order valence-corrected chi connectivity index (χ3v) is 4.02. The smallest absolute Gasteiger partial charge is 0.328 e. The summed E-state index contributed by atoms with van der Waals surface area (Å²) in [7, 11) is 3.42. The van der Waals surface area contributed by atoms with Gasteiger partial charge < -0.3 is 16.2 Å². The summed E-state index contributed by atoms with van der Waals surface area (Å²) in [6, 6.07) is 3.26. The summed E-state index contributed by atoms with van der Waals surface area (Å²) < 4.78 is 9.05. The van der Waals surface area contributed by atoms with Crippen molar-refractivity contribution in [2.75, 3.05) is 13.2 Å². The maximum Gasteiger partial charge on any atom is 0.328 e. The third-order valence-electron chi connectivity index (χ3n) is 3.33. The minimum Gasteiger partial charge on any atom is -0.370 e. The van der Waals surface area contributed by atoms with Crippen molar-refractivity contribution in [3.05, 3.63) is 32.7 Å². The third kappa shape index (κ3) is 3.02. The number of aryl methyl sites for hydroxylation is 2. The van der Waals surface area contributed by atoms with Crippen LogP contribution in [-0.2, 0) is 23.6 Å². The summed E-state index contributed by atoms with van der Waals surface area (Å²) in [4.78, 5) is 22.6. The number of ether oxygens (including phenoxy) is 1. The maximum absolute atomic E-state index is 11.9. The molecule has 0 bridgehead atoms. The van der Waals surface area contributed by atoms with E-state index in [0.717, 1.165) is 21.1 Å². The Kier molecular flexibility index (Phi) is 4.50. The number of carbonyl (C=O) groups excluding carboxylic acids is 1. The van der Waals surface area contributed by atoms with Gasteiger partial charge in [0.05, 0.1) is 23.7 Å². The summed E-state index contributed by atoms with van der Waals surface area (Å²) in [5, 5.41) is 0. The summed E-state index contributed by atoms with van der Waals surface area (Å²) in [6.45, 7) is -0.00872. The zero-order valence-electron chi connectivity index (χ0n) is 11.8. The average Bonchev–Trinajstić information content (AvgIpc) is 2.62. The van der Waals surface area contributed by atoms with E-state index in [1.807, 2.05) is 12.1 Å². The van der Waals surface area contributed by atoms with Gasteiger partial charge in [0.25, 0.3) is 0 Å². The SMILES string of the molecule is Cn1c(=O)n(C)c2cc(C(N)COCC(N)=O)c(Br)cc21. The number of imidazole rings is 1. The van der Waals surface area contributed by atoms with Crippen molar-refractivity contribution in [2.45, 2.75) is 6.04 Å². The van der Waals surface area contributed by atoms with Gasteiger partial charge in [0.15, 0.2) is 0 Å². The van der Waals surface area contributed by atoms with Crippen molar-refractivity contribution >= 4 is 32.9 Å². The first kappa shape index (κ1) is 15.7. The van der Waals surface area contributed by atoms with E-state index in [2.05, 4.69) is 15.9 Å².